The van der Waals surface area contributed by atoms with Gasteiger partial charge in [0.2, 0.25) is 11.8 Å². The van der Waals surface area contributed by atoms with Crippen molar-refractivity contribution in [2.24, 2.45) is 0 Å². The van der Waals surface area contributed by atoms with Crippen molar-refractivity contribution in [2.45, 2.75) is 12.5 Å². The second-order valence-corrected chi connectivity index (χ2v) is 3.28. The maximum absolute atomic E-state index is 11.3. The standard InChI is InChI=1S/C8H12N2O3/c11-7-5-6(8(12)9-7)10-1-3-13-4-2-10/h6H,1-5H2,(H,9,11,12)/t6-/m0/s1. The lowest BCUT2D eigenvalue weighted by molar-refractivity contribution is -0.127. The molecule has 2 saturated heterocycles. The average molecular weight is 184 g/mol. The SMILES string of the molecule is O=C1C[C@H](N2CCOCC2)C(=O)N1. The molecule has 2 aliphatic heterocycles. The Morgan fingerprint density at radius 1 is 1.31 bits per heavy atom. The number of hydrogen-bond acceptors (Lipinski definition) is 4. The minimum absolute atomic E-state index is 0.160. The highest BCUT2D eigenvalue weighted by atomic mass is 16.5. The Bertz CT molecular complexity index is 236. The summed E-state index contributed by atoms with van der Waals surface area (Å²) in [6.07, 6.45) is 0.304. The molecule has 0 saturated carbocycles. The van der Waals surface area contributed by atoms with E-state index in [1.165, 1.54) is 0 Å². The number of carbonyl (C=O) groups excluding carboxylic acids is 2. The average Bonchev–Trinajstić information content (AvgIpc) is 2.47. The third-order valence-corrected chi connectivity index (χ3v) is 2.43. The van der Waals surface area contributed by atoms with Crippen LogP contribution in [0.1, 0.15) is 6.42 Å². The normalized spacial score (nSPS) is 30.6. The number of carbonyl (C=O) groups is 2. The van der Waals surface area contributed by atoms with Crippen LogP contribution < -0.4 is 5.32 Å². The van der Waals surface area contributed by atoms with Crippen molar-refractivity contribution in [3.8, 4) is 0 Å². The van der Waals surface area contributed by atoms with Crippen LogP contribution in [0.25, 0.3) is 0 Å². The second-order valence-electron chi connectivity index (χ2n) is 3.28. The van der Waals surface area contributed by atoms with Gasteiger partial charge in [-0.25, -0.2) is 0 Å². The Morgan fingerprint density at radius 3 is 2.54 bits per heavy atom. The molecule has 2 aliphatic rings. The first-order chi connectivity index (χ1) is 6.27. The lowest BCUT2D eigenvalue weighted by atomic mass is 10.2. The summed E-state index contributed by atoms with van der Waals surface area (Å²) < 4.78 is 5.16. The van der Waals surface area contributed by atoms with Crippen LogP contribution in [0.15, 0.2) is 0 Å². The molecule has 0 aromatic carbocycles. The fourth-order valence-electron chi connectivity index (χ4n) is 1.72. The van der Waals surface area contributed by atoms with E-state index in [4.69, 9.17) is 4.74 Å². The predicted molar refractivity (Wildman–Crippen MR) is 43.9 cm³/mol. The van der Waals surface area contributed by atoms with Gasteiger partial charge in [0.25, 0.3) is 0 Å². The van der Waals surface area contributed by atoms with E-state index in [1.54, 1.807) is 0 Å². The van der Waals surface area contributed by atoms with Crippen molar-refractivity contribution in [3.63, 3.8) is 0 Å². The molecule has 0 unspecified atom stereocenters. The Labute approximate surface area is 76.0 Å². The third-order valence-electron chi connectivity index (χ3n) is 2.43. The molecular weight excluding hydrogens is 172 g/mol. The largest absolute Gasteiger partial charge is 0.379 e. The molecule has 2 amide bonds. The van der Waals surface area contributed by atoms with E-state index in [9.17, 15) is 9.59 Å². The van der Waals surface area contributed by atoms with Crippen LogP contribution in [-0.2, 0) is 14.3 Å². The molecule has 0 spiro atoms. The van der Waals surface area contributed by atoms with Crippen molar-refractivity contribution in [1.29, 1.82) is 0 Å². The Morgan fingerprint density at radius 2 is 2.00 bits per heavy atom. The molecular formula is C8H12N2O3. The van der Waals surface area contributed by atoms with Crippen molar-refractivity contribution in [3.05, 3.63) is 0 Å². The number of morpholine rings is 1. The summed E-state index contributed by atoms with van der Waals surface area (Å²) in [5.41, 5.74) is 0. The van der Waals surface area contributed by atoms with Crippen LogP contribution in [-0.4, -0.2) is 49.1 Å². The van der Waals surface area contributed by atoms with Crippen molar-refractivity contribution < 1.29 is 14.3 Å². The molecule has 5 nitrogen and oxygen atoms in total. The summed E-state index contributed by atoms with van der Waals surface area (Å²) in [4.78, 5) is 24.2. The van der Waals surface area contributed by atoms with Gasteiger partial charge in [-0.15, -0.1) is 0 Å². The molecule has 13 heavy (non-hydrogen) atoms. The molecule has 2 rings (SSSR count). The number of hydrogen-bond donors (Lipinski definition) is 1. The zero-order chi connectivity index (χ0) is 9.26. The predicted octanol–water partition coefficient (Wildman–Crippen LogP) is -1.27. The Balaban J connectivity index is 1.99. The van der Waals surface area contributed by atoms with E-state index in [0.717, 1.165) is 13.1 Å². The smallest absolute Gasteiger partial charge is 0.244 e. The summed E-state index contributed by atoms with van der Waals surface area (Å²) in [6, 6.07) is -0.253. The Kier molecular flexibility index (Phi) is 2.28. The fraction of sp³-hybridized carbons (Fsp3) is 0.750. The lowest BCUT2D eigenvalue weighted by Crippen LogP contribution is -2.46. The molecule has 2 fully saturated rings. The summed E-state index contributed by atoms with van der Waals surface area (Å²) in [7, 11) is 0. The topological polar surface area (TPSA) is 58.6 Å². The first kappa shape index (κ1) is 8.65. The van der Waals surface area contributed by atoms with Gasteiger partial charge in [0.1, 0.15) is 0 Å². The number of rotatable bonds is 1. The van der Waals surface area contributed by atoms with Gasteiger partial charge in [-0.05, 0) is 0 Å². The first-order valence-corrected chi connectivity index (χ1v) is 4.43. The van der Waals surface area contributed by atoms with Gasteiger partial charge in [0.05, 0.1) is 25.7 Å². The number of ether oxygens (including phenoxy) is 1. The van der Waals surface area contributed by atoms with E-state index in [2.05, 4.69) is 5.32 Å². The highest BCUT2D eigenvalue weighted by Crippen LogP contribution is 2.12. The maximum atomic E-state index is 11.3. The van der Waals surface area contributed by atoms with E-state index in [1.807, 2.05) is 4.90 Å². The van der Waals surface area contributed by atoms with Crippen LogP contribution >= 0.6 is 0 Å². The molecule has 0 radical (unpaired) electrons. The van der Waals surface area contributed by atoms with Gasteiger partial charge in [-0.2, -0.15) is 0 Å². The van der Waals surface area contributed by atoms with Crippen LogP contribution in [0.4, 0.5) is 0 Å². The van der Waals surface area contributed by atoms with E-state index < -0.39 is 0 Å². The molecule has 1 atom stereocenters. The zero-order valence-electron chi connectivity index (χ0n) is 7.28. The Hall–Kier alpha value is -0.940. The van der Waals surface area contributed by atoms with Gasteiger partial charge in [-0.1, -0.05) is 0 Å². The maximum Gasteiger partial charge on any atom is 0.244 e. The lowest BCUT2D eigenvalue weighted by Gasteiger charge is -2.29. The van der Waals surface area contributed by atoms with Crippen molar-refractivity contribution in [2.75, 3.05) is 26.3 Å². The highest BCUT2D eigenvalue weighted by molar-refractivity contribution is 6.05. The van der Waals surface area contributed by atoms with Crippen LogP contribution in [0.3, 0.4) is 0 Å². The zero-order valence-corrected chi connectivity index (χ0v) is 7.28. The molecule has 1 N–H and O–H groups in total. The molecule has 0 aromatic rings. The van der Waals surface area contributed by atoms with Gasteiger partial charge in [-0.3, -0.25) is 19.8 Å². The van der Waals surface area contributed by atoms with E-state index in [-0.39, 0.29) is 17.9 Å². The van der Waals surface area contributed by atoms with Crippen molar-refractivity contribution >= 4 is 11.8 Å². The van der Waals surface area contributed by atoms with Crippen LogP contribution in [0, 0.1) is 0 Å². The van der Waals surface area contributed by atoms with E-state index >= 15 is 0 Å². The summed E-state index contributed by atoms with van der Waals surface area (Å²) in [5, 5.41) is 2.30. The van der Waals surface area contributed by atoms with E-state index in [0.29, 0.717) is 19.6 Å². The summed E-state index contributed by atoms with van der Waals surface area (Å²) in [6.45, 7) is 2.78. The number of nitrogens with one attached hydrogen (secondary N) is 1. The monoisotopic (exact) mass is 184 g/mol. The van der Waals surface area contributed by atoms with Gasteiger partial charge in [0, 0.05) is 13.1 Å². The van der Waals surface area contributed by atoms with Crippen LogP contribution in [0.2, 0.25) is 0 Å². The second kappa shape index (κ2) is 3.43. The third kappa shape index (κ3) is 1.71. The van der Waals surface area contributed by atoms with Gasteiger partial charge >= 0.3 is 0 Å². The molecule has 2 heterocycles. The molecule has 0 aromatic heterocycles. The fourth-order valence-corrected chi connectivity index (χ4v) is 1.72. The van der Waals surface area contributed by atoms with Crippen molar-refractivity contribution in [1.82, 2.24) is 10.2 Å². The number of nitrogens with zero attached hydrogens (tertiary/aromatic N) is 1. The van der Waals surface area contributed by atoms with Gasteiger partial charge < -0.3 is 4.74 Å². The quantitative estimate of drug-likeness (QED) is 0.516. The summed E-state index contributed by atoms with van der Waals surface area (Å²) >= 11 is 0. The number of imide groups is 1. The first-order valence-electron chi connectivity index (χ1n) is 4.43. The summed E-state index contributed by atoms with van der Waals surface area (Å²) in [5.74, 6) is -0.326. The van der Waals surface area contributed by atoms with Crippen LogP contribution in [0.5, 0.6) is 0 Å². The minimum atomic E-state index is -0.253. The molecule has 0 bridgehead atoms. The highest BCUT2D eigenvalue weighted by Gasteiger charge is 2.35. The molecule has 72 valence electrons. The molecule has 5 heteroatoms. The van der Waals surface area contributed by atoms with Gasteiger partial charge in [0.15, 0.2) is 0 Å². The number of amides is 2. The minimum Gasteiger partial charge on any atom is -0.379 e. The molecule has 0 aliphatic carbocycles.